The van der Waals surface area contributed by atoms with Crippen LogP contribution in [0.4, 0.5) is 5.82 Å². The van der Waals surface area contributed by atoms with E-state index in [1.54, 1.807) is 19.4 Å². The number of hydrogen-bond donors (Lipinski definition) is 2. The van der Waals surface area contributed by atoms with E-state index >= 15 is 0 Å². The van der Waals surface area contributed by atoms with E-state index in [2.05, 4.69) is 20.6 Å². The molecule has 0 fully saturated rings. The van der Waals surface area contributed by atoms with Crippen LogP contribution in [0.3, 0.4) is 0 Å². The van der Waals surface area contributed by atoms with Crippen LogP contribution in [-0.4, -0.2) is 22.9 Å². The van der Waals surface area contributed by atoms with Crippen molar-refractivity contribution < 1.29 is 4.79 Å². The fourth-order valence-corrected chi connectivity index (χ4v) is 1.87. The van der Waals surface area contributed by atoms with Crippen LogP contribution in [-0.2, 0) is 6.54 Å². The maximum absolute atomic E-state index is 11.6. The van der Waals surface area contributed by atoms with E-state index < -0.39 is 0 Å². The second-order valence-electron chi connectivity index (χ2n) is 4.57. The van der Waals surface area contributed by atoms with Crippen molar-refractivity contribution in [2.45, 2.75) is 20.4 Å². The Labute approximate surface area is 118 Å². The molecule has 1 aromatic heterocycles. The number of amides is 1. The van der Waals surface area contributed by atoms with Gasteiger partial charge in [0.05, 0.1) is 0 Å². The number of anilines is 1. The number of carbonyl (C=O) groups excluding carboxylic acids is 1. The van der Waals surface area contributed by atoms with Crippen LogP contribution in [0.15, 0.2) is 30.6 Å². The summed E-state index contributed by atoms with van der Waals surface area (Å²) in [6.07, 6.45) is 1.55. The van der Waals surface area contributed by atoms with Crippen molar-refractivity contribution in [3.05, 3.63) is 53.0 Å². The summed E-state index contributed by atoms with van der Waals surface area (Å²) >= 11 is 0. The van der Waals surface area contributed by atoms with Crippen molar-refractivity contribution in [2.24, 2.45) is 0 Å². The molecule has 2 N–H and O–H groups in total. The standard InChI is InChI=1S/C15H18N4O/c1-10-11(2)18-9-19-14(10)17-8-12-5-4-6-13(7-12)15(20)16-3/h4-7,9H,8H2,1-3H3,(H,16,20)(H,17,18,19). The van der Waals surface area contributed by atoms with Crippen LogP contribution in [0.1, 0.15) is 27.2 Å². The third-order valence-electron chi connectivity index (χ3n) is 3.21. The second kappa shape index (κ2) is 6.14. The van der Waals surface area contributed by atoms with Crippen LogP contribution in [0.2, 0.25) is 0 Å². The number of aromatic nitrogens is 2. The Kier molecular flexibility index (Phi) is 4.30. The Bertz CT molecular complexity index is 625. The van der Waals surface area contributed by atoms with E-state index in [1.165, 1.54) is 0 Å². The van der Waals surface area contributed by atoms with E-state index in [4.69, 9.17) is 0 Å². The summed E-state index contributed by atoms with van der Waals surface area (Å²) in [5.41, 5.74) is 3.68. The number of nitrogens with zero attached hydrogens (tertiary/aromatic N) is 2. The van der Waals surface area contributed by atoms with Crippen molar-refractivity contribution in [3.8, 4) is 0 Å². The first-order valence-corrected chi connectivity index (χ1v) is 6.45. The lowest BCUT2D eigenvalue weighted by molar-refractivity contribution is 0.0963. The van der Waals surface area contributed by atoms with E-state index in [9.17, 15) is 4.79 Å². The minimum atomic E-state index is -0.0825. The van der Waals surface area contributed by atoms with Gasteiger partial charge < -0.3 is 10.6 Å². The van der Waals surface area contributed by atoms with E-state index in [0.29, 0.717) is 12.1 Å². The number of hydrogen-bond acceptors (Lipinski definition) is 4. The van der Waals surface area contributed by atoms with Gasteiger partial charge in [-0.2, -0.15) is 0 Å². The highest BCUT2D eigenvalue weighted by Crippen LogP contribution is 2.14. The maximum Gasteiger partial charge on any atom is 0.251 e. The van der Waals surface area contributed by atoms with Crippen LogP contribution in [0, 0.1) is 13.8 Å². The predicted octanol–water partition coefficient (Wildman–Crippen LogP) is 2.07. The highest BCUT2D eigenvalue weighted by molar-refractivity contribution is 5.94. The molecule has 2 aromatic rings. The van der Waals surface area contributed by atoms with Gasteiger partial charge in [0.2, 0.25) is 0 Å². The largest absolute Gasteiger partial charge is 0.366 e. The lowest BCUT2D eigenvalue weighted by atomic mass is 10.1. The molecule has 1 amide bonds. The second-order valence-corrected chi connectivity index (χ2v) is 4.57. The summed E-state index contributed by atoms with van der Waals surface area (Å²) in [4.78, 5) is 20.0. The summed E-state index contributed by atoms with van der Waals surface area (Å²) in [7, 11) is 1.63. The zero-order valence-electron chi connectivity index (χ0n) is 11.9. The van der Waals surface area contributed by atoms with Gasteiger partial charge in [0.1, 0.15) is 12.1 Å². The monoisotopic (exact) mass is 270 g/mol. The molecule has 1 aromatic carbocycles. The lowest BCUT2D eigenvalue weighted by Crippen LogP contribution is -2.18. The molecule has 2 rings (SSSR count). The van der Waals surface area contributed by atoms with Crippen LogP contribution in [0.5, 0.6) is 0 Å². The third kappa shape index (κ3) is 3.12. The van der Waals surface area contributed by atoms with E-state index in [0.717, 1.165) is 22.6 Å². The third-order valence-corrected chi connectivity index (χ3v) is 3.21. The summed E-state index contributed by atoms with van der Waals surface area (Å²) in [6, 6.07) is 7.51. The van der Waals surface area contributed by atoms with Crippen molar-refractivity contribution in [1.82, 2.24) is 15.3 Å². The first-order chi connectivity index (χ1) is 9.61. The molecule has 0 atom stereocenters. The number of rotatable bonds is 4. The fraction of sp³-hybridized carbons (Fsp3) is 0.267. The molecule has 1 heterocycles. The summed E-state index contributed by atoms with van der Waals surface area (Å²) < 4.78 is 0. The van der Waals surface area contributed by atoms with Crippen LogP contribution >= 0.6 is 0 Å². The Balaban J connectivity index is 2.11. The number of nitrogens with one attached hydrogen (secondary N) is 2. The summed E-state index contributed by atoms with van der Waals surface area (Å²) in [5, 5.41) is 5.89. The first kappa shape index (κ1) is 14.0. The van der Waals surface area contributed by atoms with Crippen LogP contribution in [0.25, 0.3) is 0 Å². The average Bonchev–Trinajstić information content (AvgIpc) is 2.48. The minimum absolute atomic E-state index is 0.0825. The molecule has 104 valence electrons. The zero-order valence-corrected chi connectivity index (χ0v) is 11.9. The number of benzene rings is 1. The highest BCUT2D eigenvalue weighted by Gasteiger charge is 2.05. The van der Waals surface area contributed by atoms with Gasteiger partial charge in [0, 0.05) is 30.4 Å². The molecule has 0 spiro atoms. The average molecular weight is 270 g/mol. The summed E-state index contributed by atoms with van der Waals surface area (Å²) in [6.45, 7) is 4.55. The molecule has 0 aliphatic rings. The number of carbonyl (C=O) groups is 1. The van der Waals surface area contributed by atoms with Crippen molar-refractivity contribution >= 4 is 11.7 Å². The quantitative estimate of drug-likeness (QED) is 0.892. The van der Waals surface area contributed by atoms with E-state index in [-0.39, 0.29) is 5.91 Å². The van der Waals surface area contributed by atoms with Gasteiger partial charge in [0.15, 0.2) is 0 Å². The molecule has 0 radical (unpaired) electrons. The predicted molar refractivity (Wildman–Crippen MR) is 78.7 cm³/mol. The molecule has 0 unspecified atom stereocenters. The Morgan fingerprint density at radius 2 is 2.05 bits per heavy atom. The Morgan fingerprint density at radius 3 is 2.80 bits per heavy atom. The molecule has 0 aliphatic carbocycles. The topological polar surface area (TPSA) is 66.9 Å². The summed E-state index contributed by atoms with van der Waals surface area (Å²) in [5.74, 6) is 0.740. The smallest absolute Gasteiger partial charge is 0.251 e. The maximum atomic E-state index is 11.6. The highest BCUT2D eigenvalue weighted by atomic mass is 16.1. The molecule has 0 bridgehead atoms. The van der Waals surface area contributed by atoms with Gasteiger partial charge in [-0.3, -0.25) is 4.79 Å². The zero-order chi connectivity index (χ0) is 14.5. The van der Waals surface area contributed by atoms with Gasteiger partial charge >= 0.3 is 0 Å². The molecule has 5 heteroatoms. The molecule has 0 aliphatic heterocycles. The Morgan fingerprint density at radius 1 is 1.25 bits per heavy atom. The molecule has 0 saturated heterocycles. The number of aryl methyl sites for hydroxylation is 1. The first-order valence-electron chi connectivity index (χ1n) is 6.45. The normalized spacial score (nSPS) is 10.2. The molecule has 5 nitrogen and oxygen atoms in total. The SMILES string of the molecule is CNC(=O)c1cccc(CNc2ncnc(C)c2C)c1. The minimum Gasteiger partial charge on any atom is -0.366 e. The van der Waals surface area contributed by atoms with Crippen molar-refractivity contribution in [1.29, 1.82) is 0 Å². The Hall–Kier alpha value is -2.43. The lowest BCUT2D eigenvalue weighted by Gasteiger charge is -2.10. The van der Waals surface area contributed by atoms with Gasteiger partial charge in [-0.05, 0) is 31.5 Å². The van der Waals surface area contributed by atoms with Crippen molar-refractivity contribution in [2.75, 3.05) is 12.4 Å². The van der Waals surface area contributed by atoms with Gasteiger partial charge in [-0.1, -0.05) is 12.1 Å². The molecular formula is C15H18N4O. The van der Waals surface area contributed by atoms with Gasteiger partial charge in [-0.25, -0.2) is 9.97 Å². The van der Waals surface area contributed by atoms with E-state index in [1.807, 2.05) is 32.0 Å². The van der Waals surface area contributed by atoms with Crippen LogP contribution < -0.4 is 10.6 Å². The molecular weight excluding hydrogens is 252 g/mol. The molecule has 20 heavy (non-hydrogen) atoms. The van der Waals surface area contributed by atoms with Gasteiger partial charge in [0.25, 0.3) is 5.91 Å². The van der Waals surface area contributed by atoms with Gasteiger partial charge in [-0.15, -0.1) is 0 Å². The van der Waals surface area contributed by atoms with Crippen molar-refractivity contribution in [3.63, 3.8) is 0 Å². The molecule has 0 saturated carbocycles. The fourth-order valence-electron chi connectivity index (χ4n) is 1.87.